The average molecular weight is 275 g/mol. The Bertz CT molecular complexity index is 635. The van der Waals surface area contributed by atoms with Gasteiger partial charge in [-0.05, 0) is 18.1 Å². The molecular weight excluding hydrogens is 258 g/mol. The highest BCUT2D eigenvalue weighted by Gasteiger charge is 2.26. The summed E-state index contributed by atoms with van der Waals surface area (Å²) in [5, 5.41) is 19.1. The lowest BCUT2D eigenvalue weighted by molar-refractivity contribution is -0.140. The minimum absolute atomic E-state index is 0.139. The zero-order valence-electron chi connectivity index (χ0n) is 11.4. The Balaban J connectivity index is 2.27. The molecule has 6 heteroatoms. The number of carbonyl (C=O) groups is 2. The third-order valence-corrected chi connectivity index (χ3v) is 3.50. The van der Waals surface area contributed by atoms with Crippen LogP contribution in [-0.4, -0.2) is 33.2 Å². The van der Waals surface area contributed by atoms with Crippen LogP contribution in [0.3, 0.4) is 0 Å². The van der Waals surface area contributed by atoms with E-state index >= 15 is 0 Å². The lowest BCUT2D eigenvalue weighted by Gasteiger charge is -2.20. The molecule has 0 radical (unpaired) electrons. The van der Waals surface area contributed by atoms with E-state index in [1.807, 2.05) is 13.0 Å². The fourth-order valence-electron chi connectivity index (χ4n) is 2.07. The van der Waals surface area contributed by atoms with Gasteiger partial charge in [-0.1, -0.05) is 26.3 Å². The highest BCUT2D eigenvalue weighted by atomic mass is 16.4. The predicted molar refractivity (Wildman–Crippen MR) is 74.4 cm³/mol. The number of aromatic nitrogens is 2. The van der Waals surface area contributed by atoms with Gasteiger partial charge in [0.2, 0.25) is 0 Å². The van der Waals surface area contributed by atoms with E-state index in [-0.39, 0.29) is 5.92 Å². The number of aliphatic carboxylic acids is 1. The summed E-state index contributed by atoms with van der Waals surface area (Å²) in [6.45, 7) is 3.70. The van der Waals surface area contributed by atoms with Crippen molar-refractivity contribution in [3.8, 4) is 0 Å². The molecule has 0 aliphatic heterocycles. The third kappa shape index (κ3) is 2.64. The molecule has 0 bridgehead atoms. The first-order chi connectivity index (χ1) is 9.54. The topological polar surface area (TPSA) is 95.1 Å². The van der Waals surface area contributed by atoms with Gasteiger partial charge in [-0.15, -0.1) is 0 Å². The zero-order valence-corrected chi connectivity index (χ0v) is 11.4. The van der Waals surface area contributed by atoms with E-state index in [0.29, 0.717) is 17.4 Å². The van der Waals surface area contributed by atoms with Gasteiger partial charge in [-0.3, -0.25) is 9.89 Å². The minimum atomic E-state index is -1.02. The Morgan fingerprint density at radius 1 is 1.45 bits per heavy atom. The number of rotatable bonds is 5. The number of carbonyl (C=O) groups excluding carboxylic acids is 1. The maximum Gasteiger partial charge on any atom is 0.326 e. The van der Waals surface area contributed by atoms with Gasteiger partial charge in [0.1, 0.15) is 6.04 Å². The Morgan fingerprint density at radius 2 is 2.20 bits per heavy atom. The summed E-state index contributed by atoms with van der Waals surface area (Å²) in [6.07, 6.45) is 2.23. The van der Waals surface area contributed by atoms with Crippen molar-refractivity contribution in [2.45, 2.75) is 26.3 Å². The van der Waals surface area contributed by atoms with Crippen molar-refractivity contribution in [3.05, 3.63) is 30.0 Å². The van der Waals surface area contributed by atoms with Crippen LogP contribution in [0.15, 0.2) is 24.4 Å². The molecule has 1 amide bonds. The fourth-order valence-corrected chi connectivity index (χ4v) is 2.07. The van der Waals surface area contributed by atoms with Crippen molar-refractivity contribution >= 4 is 22.8 Å². The Hall–Kier alpha value is -2.37. The second-order valence-electron chi connectivity index (χ2n) is 4.81. The van der Waals surface area contributed by atoms with Crippen molar-refractivity contribution in [1.82, 2.24) is 15.5 Å². The van der Waals surface area contributed by atoms with Crippen molar-refractivity contribution in [3.63, 3.8) is 0 Å². The predicted octanol–water partition coefficient (Wildman–Crippen LogP) is 1.79. The number of carboxylic acids is 1. The van der Waals surface area contributed by atoms with Gasteiger partial charge in [0.05, 0.1) is 17.3 Å². The molecule has 20 heavy (non-hydrogen) atoms. The van der Waals surface area contributed by atoms with Gasteiger partial charge in [0.15, 0.2) is 0 Å². The first-order valence-corrected chi connectivity index (χ1v) is 6.50. The molecule has 1 aromatic heterocycles. The SMILES string of the molecule is CC[C@H](C)[C@H](NC(=O)c1cccc2[nH]ncc12)C(=O)O. The van der Waals surface area contributed by atoms with Crippen molar-refractivity contribution < 1.29 is 14.7 Å². The summed E-state index contributed by atoms with van der Waals surface area (Å²) in [5.74, 6) is -1.56. The smallest absolute Gasteiger partial charge is 0.326 e. The highest BCUT2D eigenvalue weighted by Crippen LogP contribution is 2.17. The van der Waals surface area contributed by atoms with Crippen LogP contribution in [0, 0.1) is 5.92 Å². The fraction of sp³-hybridized carbons (Fsp3) is 0.357. The van der Waals surface area contributed by atoms with E-state index < -0.39 is 17.9 Å². The minimum Gasteiger partial charge on any atom is -0.480 e. The number of fused-ring (bicyclic) bond motifs is 1. The van der Waals surface area contributed by atoms with Gasteiger partial charge in [-0.25, -0.2) is 4.79 Å². The molecule has 2 aromatic rings. The van der Waals surface area contributed by atoms with Crippen LogP contribution in [-0.2, 0) is 4.79 Å². The van der Waals surface area contributed by atoms with E-state index in [9.17, 15) is 14.7 Å². The third-order valence-electron chi connectivity index (χ3n) is 3.50. The first-order valence-electron chi connectivity index (χ1n) is 6.50. The highest BCUT2D eigenvalue weighted by molar-refractivity contribution is 6.07. The van der Waals surface area contributed by atoms with Gasteiger partial charge >= 0.3 is 5.97 Å². The van der Waals surface area contributed by atoms with Crippen molar-refractivity contribution in [2.24, 2.45) is 5.92 Å². The molecule has 1 heterocycles. The lowest BCUT2D eigenvalue weighted by atomic mass is 9.98. The van der Waals surface area contributed by atoms with Crippen LogP contribution in [0.4, 0.5) is 0 Å². The van der Waals surface area contributed by atoms with Gasteiger partial charge in [-0.2, -0.15) is 5.10 Å². The number of carboxylic acid groups (broad SMARTS) is 1. The number of nitrogens with zero attached hydrogens (tertiary/aromatic N) is 1. The van der Waals surface area contributed by atoms with Crippen LogP contribution >= 0.6 is 0 Å². The molecule has 0 saturated heterocycles. The summed E-state index contributed by atoms with van der Waals surface area (Å²) >= 11 is 0. The van der Waals surface area contributed by atoms with Crippen LogP contribution in [0.1, 0.15) is 30.6 Å². The summed E-state index contributed by atoms with van der Waals surface area (Å²) in [7, 11) is 0. The lowest BCUT2D eigenvalue weighted by Crippen LogP contribution is -2.45. The Kier molecular flexibility index (Phi) is 4.02. The maximum absolute atomic E-state index is 12.3. The Morgan fingerprint density at radius 3 is 2.85 bits per heavy atom. The number of aromatic amines is 1. The number of amides is 1. The average Bonchev–Trinajstić information content (AvgIpc) is 2.91. The summed E-state index contributed by atoms with van der Waals surface area (Å²) in [6, 6.07) is 4.30. The summed E-state index contributed by atoms with van der Waals surface area (Å²) < 4.78 is 0. The van der Waals surface area contributed by atoms with Gasteiger partial charge in [0.25, 0.3) is 5.91 Å². The monoisotopic (exact) mass is 275 g/mol. The molecule has 0 aliphatic carbocycles. The molecule has 2 rings (SSSR count). The molecule has 2 atom stereocenters. The number of hydrogen-bond acceptors (Lipinski definition) is 3. The largest absolute Gasteiger partial charge is 0.480 e. The molecule has 1 aromatic carbocycles. The van der Waals surface area contributed by atoms with Crippen LogP contribution < -0.4 is 5.32 Å². The number of benzene rings is 1. The normalized spacial score (nSPS) is 13.9. The molecule has 6 nitrogen and oxygen atoms in total. The molecular formula is C14H17N3O3. The number of hydrogen-bond donors (Lipinski definition) is 3. The van der Waals surface area contributed by atoms with E-state index in [1.54, 1.807) is 25.3 Å². The molecule has 0 aliphatic rings. The van der Waals surface area contributed by atoms with E-state index in [1.165, 1.54) is 0 Å². The summed E-state index contributed by atoms with van der Waals surface area (Å²) in [4.78, 5) is 23.5. The molecule has 0 spiro atoms. The molecule has 0 saturated carbocycles. The van der Waals surface area contributed by atoms with E-state index in [0.717, 1.165) is 5.52 Å². The molecule has 0 fully saturated rings. The van der Waals surface area contributed by atoms with Crippen molar-refractivity contribution in [2.75, 3.05) is 0 Å². The first kappa shape index (κ1) is 14.0. The Labute approximate surface area is 116 Å². The van der Waals surface area contributed by atoms with Crippen LogP contribution in [0.25, 0.3) is 10.9 Å². The molecule has 106 valence electrons. The molecule has 0 unspecified atom stereocenters. The second-order valence-corrected chi connectivity index (χ2v) is 4.81. The van der Waals surface area contributed by atoms with Gasteiger partial charge < -0.3 is 10.4 Å². The maximum atomic E-state index is 12.3. The summed E-state index contributed by atoms with van der Waals surface area (Å²) in [5.41, 5.74) is 1.17. The van der Waals surface area contributed by atoms with E-state index in [2.05, 4.69) is 15.5 Å². The quantitative estimate of drug-likeness (QED) is 0.775. The van der Waals surface area contributed by atoms with Crippen LogP contribution in [0.5, 0.6) is 0 Å². The van der Waals surface area contributed by atoms with Gasteiger partial charge in [0, 0.05) is 5.39 Å². The standard InChI is InChI=1S/C14H17N3O3/c1-3-8(2)12(14(19)20)16-13(18)9-5-4-6-11-10(9)7-15-17-11/h4-8,12H,3H2,1-2H3,(H,15,17)(H,16,18)(H,19,20)/t8-,12-/m0/s1. The number of H-pyrrole nitrogens is 1. The van der Waals surface area contributed by atoms with E-state index in [4.69, 9.17) is 0 Å². The zero-order chi connectivity index (χ0) is 14.7. The number of nitrogens with one attached hydrogen (secondary N) is 2. The molecule has 3 N–H and O–H groups in total. The van der Waals surface area contributed by atoms with Crippen LogP contribution in [0.2, 0.25) is 0 Å². The second kappa shape index (κ2) is 5.73. The van der Waals surface area contributed by atoms with Crippen molar-refractivity contribution in [1.29, 1.82) is 0 Å².